The zero-order chi connectivity index (χ0) is 14.1. The number of aryl methyl sites for hydroxylation is 1. The van der Waals surface area contributed by atoms with Gasteiger partial charge in [0.1, 0.15) is 6.61 Å². The van der Waals surface area contributed by atoms with Crippen LogP contribution in [0.3, 0.4) is 0 Å². The number of para-hydroxylation sites is 1. The first-order valence-corrected chi connectivity index (χ1v) is 6.65. The monoisotopic (exact) mass is 289 g/mol. The van der Waals surface area contributed by atoms with Crippen molar-refractivity contribution in [3.8, 4) is 5.75 Å². The molecule has 20 heavy (non-hydrogen) atoms. The fourth-order valence-corrected chi connectivity index (χ4v) is 2.46. The normalized spacial score (nSPS) is 10.9. The lowest BCUT2D eigenvalue weighted by Crippen LogP contribution is -2.02. The third-order valence-corrected chi connectivity index (χ3v) is 3.67. The number of ether oxygens (including phenoxy) is 1. The minimum Gasteiger partial charge on any atom is -0.484 e. The van der Waals surface area contributed by atoms with Crippen molar-refractivity contribution < 1.29 is 9.13 Å². The van der Waals surface area contributed by atoms with E-state index < -0.39 is 0 Å². The summed E-state index contributed by atoms with van der Waals surface area (Å²) < 4.78 is 21.0. The molecule has 0 aliphatic heterocycles. The first-order valence-electron chi connectivity index (χ1n) is 6.27. The Kier molecular flexibility index (Phi) is 3.36. The van der Waals surface area contributed by atoms with Crippen LogP contribution in [0, 0.1) is 5.82 Å². The van der Waals surface area contributed by atoms with Gasteiger partial charge >= 0.3 is 0 Å². The van der Waals surface area contributed by atoms with Gasteiger partial charge in [-0.1, -0.05) is 29.8 Å². The number of fused-ring (bicyclic) bond motifs is 1. The molecule has 2 aromatic carbocycles. The SMILES string of the molecule is Cn1c(COc2ccccc2F)cc2c(Cl)cccc21. The van der Waals surface area contributed by atoms with Gasteiger partial charge in [-0.2, -0.15) is 0 Å². The van der Waals surface area contributed by atoms with Crippen LogP contribution in [0.5, 0.6) is 5.75 Å². The molecule has 0 fully saturated rings. The third-order valence-electron chi connectivity index (χ3n) is 3.35. The van der Waals surface area contributed by atoms with Gasteiger partial charge in [-0.3, -0.25) is 0 Å². The van der Waals surface area contributed by atoms with E-state index in [4.69, 9.17) is 16.3 Å². The lowest BCUT2D eigenvalue weighted by molar-refractivity contribution is 0.283. The van der Waals surface area contributed by atoms with Crippen LogP contribution >= 0.6 is 11.6 Å². The molecule has 0 saturated heterocycles. The van der Waals surface area contributed by atoms with Gasteiger partial charge < -0.3 is 9.30 Å². The molecule has 0 radical (unpaired) electrons. The van der Waals surface area contributed by atoms with E-state index in [0.29, 0.717) is 11.6 Å². The van der Waals surface area contributed by atoms with E-state index in [-0.39, 0.29) is 11.6 Å². The summed E-state index contributed by atoms with van der Waals surface area (Å²) in [4.78, 5) is 0. The number of hydrogen-bond acceptors (Lipinski definition) is 1. The molecule has 0 spiro atoms. The zero-order valence-electron chi connectivity index (χ0n) is 10.9. The van der Waals surface area contributed by atoms with Gasteiger partial charge in [0, 0.05) is 23.0 Å². The van der Waals surface area contributed by atoms with Crippen molar-refractivity contribution in [1.29, 1.82) is 0 Å². The average molecular weight is 290 g/mol. The van der Waals surface area contributed by atoms with Crippen LogP contribution in [0.4, 0.5) is 4.39 Å². The van der Waals surface area contributed by atoms with Crippen LogP contribution in [-0.2, 0) is 13.7 Å². The molecule has 0 aliphatic carbocycles. The Morgan fingerprint density at radius 1 is 1.15 bits per heavy atom. The second kappa shape index (κ2) is 5.17. The van der Waals surface area contributed by atoms with E-state index in [2.05, 4.69) is 0 Å². The minimum atomic E-state index is -0.357. The predicted molar refractivity (Wildman–Crippen MR) is 78.7 cm³/mol. The Labute approximate surface area is 121 Å². The minimum absolute atomic E-state index is 0.254. The van der Waals surface area contributed by atoms with Gasteiger partial charge in [0.25, 0.3) is 0 Å². The van der Waals surface area contributed by atoms with Crippen LogP contribution in [0.15, 0.2) is 48.5 Å². The number of rotatable bonds is 3. The van der Waals surface area contributed by atoms with Gasteiger partial charge in [0.2, 0.25) is 0 Å². The summed E-state index contributed by atoms with van der Waals surface area (Å²) in [6.45, 7) is 0.294. The van der Waals surface area contributed by atoms with Crippen molar-refractivity contribution in [2.45, 2.75) is 6.61 Å². The second-order valence-electron chi connectivity index (χ2n) is 4.59. The van der Waals surface area contributed by atoms with Crippen molar-refractivity contribution in [3.63, 3.8) is 0 Å². The van der Waals surface area contributed by atoms with Gasteiger partial charge in [-0.25, -0.2) is 4.39 Å². The summed E-state index contributed by atoms with van der Waals surface area (Å²) in [5.74, 6) is -0.104. The Morgan fingerprint density at radius 2 is 1.95 bits per heavy atom. The molecule has 1 aromatic heterocycles. The Bertz CT molecular complexity index is 766. The van der Waals surface area contributed by atoms with E-state index >= 15 is 0 Å². The third kappa shape index (κ3) is 2.25. The summed E-state index contributed by atoms with van der Waals surface area (Å²) in [5.41, 5.74) is 1.97. The Hall–Kier alpha value is -2.00. The number of halogens is 2. The fourth-order valence-electron chi connectivity index (χ4n) is 2.23. The van der Waals surface area contributed by atoms with E-state index in [1.807, 2.05) is 35.9 Å². The molecule has 0 atom stereocenters. The number of nitrogens with zero attached hydrogens (tertiary/aromatic N) is 1. The molecule has 4 heteroatoms. The van der Waals surface area contributed by atoms with Crippen molar-refractivity contribution in [2.24, 2.45) is 7.05 Å². The molecular weight excluding hydrogens is 277 g/mol. The van der Waals surface area contributed by atoms with Crippen molar-refractivity contribution in [1.82, 2.24) is 4.57 Å². The average Bonchev–Trinajstić information content (AvgIpc) is 2.77. The molecule has 1 heterocycles. The van der Waals surface area contributed by atoms with E-state index in [0.717, 1.165) is 16.6 Å². The van der Waals surface area contributed by atoms with Gasteiger partial charge in [0.15, 0.2) is 11.6 Å². The van der Waals surface area contributed by atoms with Crippen LogP contribution < -0.4 is 4.74 Å². The molecule has 3 rings (SSSR count). The first kappa shape index (κ1) is 13.0. The highest BCUT2D eigenvalue weighted by atomic mass is 35.5. The van der Waals surface area contributed by atoms with Gasteiger partial charge in [-0.15, -0.1) is 0 Å². The van der Waals surface area contributed by atoms with Crippen LogP contribution in [0.25, 0.3) is 10.9 Å². The maximum absolute atomic E-state index is 13.5. The fraction of sp³-hybridized carbons (Fsp3) is 0.125. The summed E-state index contributed by atoms with van der Waals surface area (Å²) in [7, 11) is 1.94. The first-order chi connectivity index (χ1) is 9.66. The molecule has 0 amide bonds. The van der Waals surface area contributed by atoms with Gasteiger partial charge in [-0.05, 0) is 30.3 Å². The largest absolute Gasteiger partial charge is 0.484 e. The number of hydrogen-bond donors (Lipinski definition) is 0. The molecule has 0 unspecified atom stereocenters. The summed E-state index contributed by atoms with van der Waals surface area (Å²) in [5, 5.41) is 1.68. The second-order valence-corrected chi connectivity index (χ2v) is 4.99. The molecule has 0 saturated carbocycles. The van der Waals surface area contributed by atoms with E-state index in [9.17, 15) is 4.39 Å². The number of benzene rings is 2. The predicted octanol–water partition coefficient (Wildman–Crippen LogP) is 4.55. The maximum Gasteiger partial charge on any atom is 0.165 e. The van der Waals surface area contributed by atoms with Crippen LogP contribution in [0.1, 0.15) is 5.69 Å². The van der Waals surface area contributed by atoms with Crippen LogP contribution in [0.2, 0.25) is 5.02 Å². The Morgan fingerprint density at radius 3 is 2.70 bits per heavy atom. The lowest BCUT2D eigenvalue weighted by Gasteiger charge is -2.08. The molecule has 0 bridgehead atoms. The van der Waals surface area contributed by atoms with Crippen LogP contribution in [-0.4, -0.2) is 4.57 Å². The molecule has 3 aromatic rings. The highest BCUT2D eigenvalue weighted by Crippen LogP contribution is 2.27. The highest BCUT2D eigenvalue weighted by molar-refractivity contribution is 6.35. The standard InChI is InChI=1S/C16H13ClFNO/c1-19-11(9-12-13(17)5-4-7-15(12)19)10-20-16-8-3-2-6-14(16)18/h2-9H,10H2,1H3. The smallest absolute Gasteiger partial charge is 0.165 e. The molecule has 102 valence electrons. The molecular formula is C16H13ClFNO. The van der Waals surface area contributed by atoms with E-state index in [1.165, 1.54) is 6.07 Å². The van der Waals surface area contributed by atoms with Crippen molar-refractivity contribution in [3.05, 3.63) is 65.1 Å². The van der Waals surface area contributed by atoms with Crippen molar-refractivity contribution >= 4 is 22.5 Å². The quantitative estimate of drug-likeness (QED) is 0.690. The molecule has 0 N–H and O–H groups in total. The van der Waals surface area contributed by atoms with E-state index in [1.54, 1.807) is 18.2 Å². The summed E-state index contributed by atoms with van der Waals surface area (Å²) in [6.07, 6.45) is 0. The summed E-state index contributed by atoms with van der Waals surface area (Å²) >= 11 is 6.17. The summed E-state index contributed by atoms with van der Waals surface area (Å²) in [6, 6.07) is 14.1. The Balaban J connectivity index is 1.90. The van der Waals surface area contributed by atoms with Crippen molar-refractivity contribution in [2.75, 3.05) is 0 Å². The lowest BCUT2D eigenvalue weighted by atomic mass is 10.2. The van der Waals surface area contributed by atoms with Gasteiger partial charge in [0.05, 0.1) is 5.69 Å². The molecule has 2 nitrogen and oxygen atoms in total. The topological polar surface area (TPSA) is 14.2 Å². The molecule has 0 aliphatic rings. The zero-order valence-corrected chi connectivity index (χ0v) is 11.7. The maximum atomic E-state index is 13.5. The number of aromatic nitrogens is 1. The highest BCUT2D eigenvalue weighted by Gasteiger charge is 2.09.